The molecule has 0 aromatic carbocycles. The first-order valence-corrected chi connectivity index (χ1v) is 5.62. The smallest absolute Gasteiger partial charge is 0.166 e. The van der Waals surface area contributed by atoms with Crippen LogP contribution in [0.25, 0.3) is 0 Å². The first-order valence-electron chi connectivity index (χ1n) is 3.82. The molecule has 0 atom stereocenters. The molecule has 0 fully saturated rings. The fourth-order valence-corrected chi connectivity index (χ4v) is 1.32. The number of thioether (sulfide) groups is 1. The highest BCUT2D eigenvalue weighted by molar-refractivity contribution is 7.98. The highest BCUT2D eigenvalue weighted by Gasteiger charge is 1.90. The molecule has 0 heterocycles. The van der Waals surface area contributed by atoms with Crippen molar-refractivity contribution in [2.45, 2.75) is 13.3 Å². The molecule has 2 N–H and O–H groups in total. The number of thiocarbonyl (C=S) groups is 1. The molecular weight excluding hydrogens is 176 g/mol. The average molecular weight is 192 g/mol. The van der Waals surface area contributed by atoms with Crippen LogP contribution in [0.1, 0.15) is 13.3 Å². The van der Waals surface area contributed by atoms with Gasteiger partial charge in [0.25, 0.3) is 0 Å². The quantitative estimate of drug-likeness (QED) is 0.505. The van der Waals surface area contributed by atoms with Crippen molar-refractivity contribution in [1.82, 2.24) is 10.6 Å². The topological polar surface area (TPSA) is 24.1 Å². The summed E-state index contributed by atoms with van der Waals surface area (Å²) in [5.41, 5.74) is 0. The van der Waals surface area contributed by atoms with Crippen LogP contribution in [0.4, 0.5) is 0 Å². The molecule has 0 saturated carbocycles. The van der Waals surface area contributed by atoms with Crippen LogP contribution in [0.15, 0.2) is 0 Å². The van der Waals surface area contributed by atoms with E-state index in [0.29, 0.717) is 0 Å². The molecular formula is C7H16N2S2. The van der Waals surface area contributed by atoms with Gasteiger partial charge in [0, 0.05) is 13.1 Å². The second kappa shape index (κ2) is 8.14. The molecule has 0 aliphatic heterocycles. The maximum atomic E-state index is 4.97. The van der Waals surface area contributed by atoms with E-state index in [9.17, 15) is 0 Å². The maximum Gasteiger partial charge on any atom is 0.166 e. The minimum Gasteiger partial charge on any atom is -0.363 e. The summed E-state index contributed by atoms with van der Waals surface area (Å²) in [7, 11) is 0. The molecule has 0 saturated heterocycles. The van der Waals surface area contributed by atoms with E-state index in [1.165, 1.54) is 12.2 Å². The lowest BCUT2D eigenvalue weighted by Crippen LogP contribution is -2.35. The molecule has 0 radical (unpaired) electrons. The minimum absolute atomic E-state index is 0.772. The van der Waals surface area contributed by atoms with E-state index in [4.69, 9.17) is 12.2 Å². The monoisotopic (exact) mass is 192 g/mol. The van der Waals surface area contributed by atoms with Gasteiger partial charge in [-0.3, -0.25) is 0 Å². The lowest BCUT2D eigenvalue weighted by atomic mass is 10.5. The number of nitrogens with one attached hydrogen (secondary N) is 2. The molecule has 0 bridgehead atoms. The third-order valence-corrected chi connectivity index (χ3v) is 2.13. The van der Waals surface area contributed by atoms with Crippen LogP contribution in [-0.2, 0) is 0 Å². The zero-order chi connectivity index (χ0) is 8.53. The summed E-state index contributed by atoms with van der Waals surface area (Å²) in [5.74, 6) is 1.20. The van der Waals surface area contributed by atoms with Crippen LogP contribution in [-0.4, -0.2) is 30.2 Å². The van der Waals surface area contributed by atoms with Gasteiger partial charge in [0.15, 0.2) is 5.11 Å². The second-order valence-electron chi connectivity index (χ2n) is 2.13. The summed E-state index contributed by atoms with van der Waals surface area (Å²) < 4.78 is 0. The van der Waals surface area contributed by atoms with Crippen LogP contribution in [0.2, 0.25) is 0 Å². The minimum atomic E-state index is 0.772. The Balaban J connectivity index is 3.04. The van der Waals surface area contributed by atoms with Gasteiger partial charge >= 0.3 is 0 Å². The Morgan fingerprint density at radius 3 is 2.73 bits per heavy atom. The maximum absolute atomic E-state index is 4.97. The van der Waals surface area contributed by atoms with E-state index in [1.54, 1.807) is 0 Å². The molecule has 0 aliphatic rings. The van der Waals surface area contributed by atoms with Gasteiger partial charge < -0.3 is 10.6 Å². The van der Waals surface area contributed by atoms with E-state index < -0.39 is 0 Å². The summed E-state index contributed by atoms with van der Waals surface area (Å²) in [6, 6.07) is 0. The highest BCUT2D eigenvalue weighted by atomic mass is 32.2. The van der Waals surface area contributed by atoms with Crippen LogP contribution < -0.4 is 10.6 Å². The standard InChI is InChI=1S/C7H16N2S2/c1-3-8-7(10)9-5-4-6-11-2/h3-6H2,1-2H3,(H2,8,9,10). The zero-order valence-electron chi connectivity index (χ0n) is 7.14. The van der Waals surface area contributed by atoms with Crippen molar-refractivity contribution in [2.75, 3.05) is 25.1 Å². The fraction of sp³-hybridized carbons (Fsp3) is 0.857. The molecule has 0 amide bonds. The highest BCUT2D eigenvalue weighted by Crippen LogP contribution is 1.92. The summed E-state index contributed by atoms with van der Waals surface area (Å²) in [6.07, 6.45) is 3.29. The molecule has 0 aliphatic carbocycles. The number of rotatable bonds is 5. The third-order valence-electron chi connectivity index (χ3n) is 1.15. The fourth-order valence-electron chi connectivity index (χ4n) is 0.641. The molecule has 0 rings (SSSR count). The Bertz CT molecular complexity index is 107. The van der Waals surface area contributed by atoms with Crippen molar-refractivity contribution in [1.29, 1.82) is 0 Å². The largest absolute Gasteiger partial charge is 0.363 e. The number of hydrogen-bond donors (Lipinski definition) is 2. The molecule has 0 unspecified atom stereocenters. The summed E-state index contributed by atoms with van der Waals surface area (Å²) in [4.78, 5) is 0. The summed E-state index contributed by atoms with van der Waals surface area (Å²) >= 11 is 6.84. The van der Waals surface area contributed by atoms with Gasteiger partial charge in [-0.15, -0.1) is 0 Å². The van der Waals surface area contributed by atoms with Gasteiger partial charge in [0.1, 0.15) is 0 Å². The van der Waals surface area contributed by atoms with Crippen LogP contribution in [0.3, 0.4) is 0 Å². The van der Waals surface area contributed by atoms with Crippen molar-refractivity contribution in [2.24, 2.45) is 0 Å². The average Bonchev–Trinajstić information content (AvgIpc) is 1.99. The first-order chi connectivity index (χ1) is 5.31. The van der Waals surface area contributed by atoms with Crippen LogP contribution >= 0.6 is 24.0 Å². The Morgan fingerprint density at radius 2 is 2.18 bits per heavy atom. The van der Waals surface area contributed by atoms with Gasteiger partial charge in [-0.2, -0.15) is 11.8 Å². The Labute approximate surface area is 78.5 Å². The van der Waals surface area contributed by atoms with Gasteiger partial charge in [0.2, 0.25) is 0 Å². The Morgan fingerprint density at radius 1 is 1.45 bits per heavy atom. The lowest BCUT2D eigenvalue weighted by molar-refractivity contribution is 0.817. The van der Waals surface area contributed by atoms with E-state index in [1.807, 2.05) is 18.7 Å². The van der Waals surface area contributed by atoms with Gasteiger partial charge in [-0.05, 0) is 37.6 Å². The van der Waals surface area contributed by atoms with E-state index in [0.717, 1.165) is 18.2 Å². The molecule has 4 heteroatoms. The van der Waals surface area contributed by atoms with Crippen LogP contribution in [0, 0.1) is 0 Å². The molecule has 11 heavy (non-hydrogen) atoms. The van der Waals surface area contributed by atoms with Crippen molar-refractivity contribution >= 4 is 29.1 Å². The summed E-state index contributed by atoms with van der Waals surface area (Å²) in [6.45, 7) is 3.91. The van der Waals surface area contributed by atoms with Crippen molar-refractivity contribution in [3.63, 3.8) is 0 Å². The second-order valence-corrected chi connectivity index (χ2v) is 3.53. The Hall–Kier alpha value is 0.0400. The zero-order valence-corrected chi connectivity index (χ0v) is 8.78. The molecule has 2 nitrogen and oxygen atoms in total. The predicted octanol–water partition coefficient (Wildman–Crippen LogP) is 1.22. The molecule has 0 spiro atoms. The molecule has 0 aromatic heterocycles. The normalized spacial score (nSPS) is 9.27. The van der Waals surface area contributed by atoms with Crippen molar-refractivity contribution < 1.29 is 0 Å². The SMILES string of the molecule is CCNC(=S)NCCCSC. The van der Waals surface area contributed by atoms with Gasteiger partial charge in [-0.1, -0.05) is 0 Å². The van der Waals surface area contributed by atoms with Crippen molar-refractivity contribution in [3.05, 3.63) is 0 Å². The summed E-state index contributed by atoms with van der Waals surface area (Å²) in [5, 5.41) is 6.93. The molecule has 66 valence electrons. The van der Waals surface area contributed by atoms with E-state index in [2.05, 4.69) is 16.9 Å². The first kappa shape index (κ1) is 11.0. The molecule has 0 aromatic rings. The van der Waals surface area contributed by atoms with E-state index >= 15 is 0 Å². The van der Waals surface area contributed by atoms with Crippen molar-refractivity contribution in [3.8, 4) is 0 Å². The van der Waals surface area contributed by atoms with Crippen LogP contribution in [0.5, 0.6) is 0 Å². The van der Waals surface area contributed by atoms with Gasteiger partial charge in [0.05, 0.1) is 0 Å². The third kappa shape index (κ3) is 7.94. The Kier molecular flexibility index (Phi) is 8.17. The lowest BCUT2D eigenvalue weighted by Gasteiger charge is -2.07. The van der Waals surface area contributed by atoms with Gasteiger partial charge in [-0.25, -0.2) is 0 Å². The van der Waals surface area contributed by atoms with E-state index in [-0.39, 0.29) is 0 Å². The predicted molar refractivity (Wildman–Crippen MR) is 57.3 cm³/mol. The number of hydrogen-bond acceptors (Lipinski definition) is 2.